The molecule has 0 radical (unpaired) electrons. The Labute approximate surface area is 153 Å². The van der Waals surface area contributed by atoms with Gasteiger partial charge in [-0.1, -0.05) is 29.8 Å². The van der Waals surface area contributed by atoms with E-state index in [9.17, 15) is 9.59 Å². The van der Waals surface area contributed by atoms with Gasteiger partial charge in [0, 0.05) is 37.6 Å². The molecule has 6 nitrogen and oxygen atoms in total. The first-order chi connectivity index (χ1) is 12.2. The van der Waals surface area contributed by atoms with Crippen LogP contribution in [0.1, 0.15) is 30.9 Å². The van der Waals surface area contributed by atoms with E-state index in [-0.39, 0.29) is 23.9 Å². The summed E-state index contributed by atoms with van der Waals surface area (Å²) in [7, 11) is 0. The third-order valence-electron chi connectivity index (χ3n) is 4.84. The summed E-state index contributed by atoms with van der Waals surface area (Å²) in [5.74, 6) is 0.0411. The summed E-state index contributed by atoms with van der Waals surface area (Å²) in [5.41, 5.74) is 0.962. The molecule has 0 aromatic heterocycles. The zero-order chi connectivity index (χ0) is 17.6. The Morgan fingerprint density at radius 1 is 1.28 bits per heavy atom. The van der Waals surface area contributed by atoms with Gasteiger partial charge in [-0.25, -0.2) is 0 Å². The Hall–Kier alpha value is -1.63. The van der Waals surface area contributed by atoms with Crippen LogP contribution in [0.4, 0.5) is 0 Å². The molecular formula is C18H25ClN4O2. The standard InChI is InChI=1S/C18H25ClN4O2/c19-14-5-2-1-4-13(14)16-12-20-10-11-23(16)17(24)7-9-22-18(25)15-6-3-8-21-15/h1-2,4-5,15-16,20-21H,3,6-12H2,(H,22,25). The van der Waals surface area contributed by atoms with Gasteiger partial charge in [-0.15, -0.1) is 0 Å². The van der Waals surface area contributed by atoms with Crippen molar-refractivity contribution in [1.29, 1.82) is 0 Å². The zero-order valence-electron chi connectivity index (χ0n) is 14.3. The highest BCUT2D eigenvalue weighted by Gasteiger charge is 2.29. The summed E-state index contributed by atoms with van der Waals surface area (Å²) in [6, 6.07) is 7.47. The Kier molecular flexibility index (Phi) is 6.29. The summed E-state index contributed by atoms with van der Waals surface area (Å²) in [6.07, 6.45) is 2.20. The predicted molar refractivity (Wildman–Crippen MR) is 97.4 cm³/mol. The molecule has 25 heavy (non-hydrogen) atoms. The van der Waals surface area contributed by atoms with Crippen LogP contribution >= 0.6 is 11.6 Å². The minimum atomic E-state index is -0.106. The normalized spacial score (nSPS) is 23.5. The average Bonchev–Trinajstić information content (AvgIpc) is 3.17. The molecule has 0 spiro atoms. The van der Waals surface area contributed by atoms with Crippen LogP contribution in [0.2, 0.25) is 5.02 Å². The maximum absolute atomic E-state index is 12.7. The molecule has 2 heterocycles. The lowest BCUT2D eigenvalue weighted by Gasteiger charge is -2.37. The molecule has 2 fully saturated rings. The molecule has 136 valence electrons. The van der Waals surface area contributed by atoms with Crippen molar-refractivity contribution >= 4 is 23.4 Å². The van der Waals surface area contributed by atoms with Crippen molar-refractivity contribution in [2.75, 3.05) is 32.7 Å². The van der Waals surface area contributed by atoms with Crippen molar-refractivity contribution in [3.8, 4) is 0 Å². The Bertz CT molecular complexity index is 619. The number of amides is 2. The van der Waals surface area contributed by atoms with E-state index in [0.29, 0.717) is 31.1 Å². The molecule has 2 aliphatic rings. The molecule has 1 aromatic rings. The molecule has 1 aromatic carbocycles. The second kappa shape index (κ2) is 8.65. The quantitative estimate of drug-likeness (QED) is 0.730. The lowest BCUT2D eigenvalue weighted by Crippen LogP contribution is -2.49. The van der Waals surface area contributed by atoms with Crippen LogP contribution in [0.5, 0.6) is 0 Å². The molecule has 0 bridgehead atoms. The van der Waals surface area contributed by atoms with Gasteiger partial charge in [0.1, 0.15) is 0 Å². The summed E-state index contributed by atoms with van der Waals surface area (Å²) in [6.45, 7) is 3.36. The molecule has 0 saturated carbocycles. The molecule has 0 aliphatic carbocycles. The van der Waals surface area contributed by atoms with Crippen LogP contribution in [-0.4, -0.2) is 55.5 Å². The highest BCUT2D eigenvalue weighted by molar-refractivity contribution is 6.31. The topological polar surface area (TPSA) is 73.5 Å². The van der Waals surface area contributed by atoms with Gasteiger partial charge in [-0.3, -0.25) is 9.59 Å². The fourth-order valence-electron chi connectivity index (χ4n) is 3.49. The Balaban J connectivity index is 1.56. The van der Waals surface area contributed by atoms with Gasteiger partial charge in [0.2, 0.25) is 11.8 Å². The first kappa shape index (κ1) is 18.2. The monoisotopic (exact) mass is 364 g/mol. The molecule has 2 amide bonds. The number of halogens is 1. The second-order valence-corrected chi connectivity index (χ2v) is 6.93. The molecule has 2 aliphatic heterocycles. The van der Waals surface area contributed by atoms with Crippen LogP contribution in [-0.2, 0) is 9.59 Å². The van der Waals surface area contributed by atoms with E-state index < -0.39 is 0 Å². The van der Waals surface area contributed by atoms with Crippen molar-refractivity contribution in [2.45, 2.75) is 31.3 Å². The largest absolute Gasteiger partial charge is 0.354 e. The highest BCUT2D eigenvalue weighted by atomic mass is 35.5. The fourth-order valence-corrected chi connectivity index (χ4v) is 3.76. The average molecular weight is 365 g/mol. The molecule has 2 atom stereocenters. The van der Waals surface area contributed by atoms with Gasteiger partial charge in [-0.05, 0) is 31.0 Å². The van der Waals surface area contributed by atoms with Gasteiger partial charge >= 0.3 is 0 Å². The first-order valence-electron chi connectivity index (χ1n) is 8.92. The van der Waals surface area contributed by atoms with Gasteiger partial charge in [0.15, 0.2) is 0 Å². The number of hydrogen-bond donors (Lipinski definition) is 3. The number of nitrogens with zero attached hydrogens (tertiary/aromatic N) is 1. The van der Waals surface area contributed by atoms with Crippen LogP contribution in [0.3, 0.4) is 0 Å². The number of benzene rings is 1. The number of piperazine rings is 1. The van der Waals surface area contributed by atoms with Crippen LogP contribution in [0, 0.1) is 0 Å². The third-order valence-corrected chi connectivity index (χ3v) is 5.19. The first-order valence-corrected chi connectivity index (χ1v) is 9.30. The summed E-state index contributed by atoms with van der Waals surface area (Å²) < 4.78 is 0. The van der Waals surface area contributed by atoms with E-state index in [1.54, 1.807) is 0 Å². The van der Waals surface area contributed by atoms with Crippen LogP contribution < -0.4 is 16.0 Å². The Morgan fingerprint density at radius 2 is 2.12 bits per heavy atom. The van der Waals surface area contributed by atoms with Gasteiger partial charge < -0.3 is 20.9 Å². The van der Waals surface area contributed by atoms with Crippen molar-refractivity contribution in [2.24, 2.45) is 0 Å². The predicted octanol–water partition coefficient (Wildman–Crippen LogP) is 1.07. The van der Waals surface area contributed by atoms with Crippen molar-refractivity contribution < 1.29 is 9.59 Å². The van der Waals surface area contributed by atoms with E-state index in [2.05, 4.69) is 16.0 Å². The van der Waals surface area contributed by atoms with E-state index >= 15 is 0 Å². The van der Waals surface area contributed by atoms with Crippen LogP contribution in [0.15, 0.2) is 24.3 Å². The smallest absolute Gasteiger partial charge is 0.237 e. The highest BCUT2D eigenvalue weighted by Crippen LogP contribution is 2.28. The maximum Gasteiger partial charge on any atom is 0.237 e. The number of hydrogen-bond acceptors (Lipinski definition) is 4. The van der Waals surface area contributed by atoms with Crippen LogP contribution in [0.25, 0.3) is 0 Å². The summed E-state index contributed by atoms with van der Waals surface area (Å²) >= 11 is 6.32. The zero-order valence-corrected chi connectivity index (χ0v) is 15.0. The summed E-state index contributed by atoms with van der Waals surface area (Å²) in [5, 5.41) is 10.0. The molecule has 2 saturated heterocycles. The van der Waals surface area contributed by atoms with E-state index in [1.807, 2.05) is 29.2 Å². The number of carbonyl (C=O) groups is 2. The molecule has 3 rings (SSSR count). The minimum Gasteiger partial charge on any atom is -0.354 e. The van der Waals surface area contributed by atoms with Crippen molar-refractivity contribution in [3.05, 3.63) is 34.9 Å². The third kappa shape index (κ3) is 4.51. The van der Waals surface area contributed by atoms with Gasteiger partial charge in [-0.2, -0.15) is 0 Å². The molecular weight excluding hydrogens is 340 g/mol. The van der Waals surface area contributed by atoms with E-state index in [1.165, 1.54) is 0 Å². The number of carbonyl (C=O) groups excluding carboxylic acids is 2. The van der Waals surface area contributed by atoms with E-state index in [4.69, 9.17) is 11.6 Å². The van der Waals surface area contributed by atoms with Crippen molar-refractivity contribution in [1.82, 2.24) is 20.9 Å². The fraction of sp³-hybridized carbons (Fsp3) is 0.556. The molecule has 3 N–H and O–H groups in total. The number of rotatable bonds is 5. The second-order valence-electron chi connectivity index (χ2n) is 6.52. The lowest BCUT2D eigenvalue weighted by atomic mass is 10.0. The Morgan fingerprint density at radius 3 is 2.88 bits per heavy atom. The van der Waals surface area contributed by atoms with Gasteiger partial charge in [0.25, 0.3) is 0 Å². The SMILES string of the molecule is O=C(NCCC(=O)N1CCNCC1c1ccccc1Cl)C1CCCN1. The minimum absolute atomic E-state index is 0.00624. The summed E-state index contributed by atoms with van der Waals surface area (Å²) in [4.78, 5) is 26.6. The maximum atomic E-state index is 12.7. The lowest BCUT2D eigenvalue weighted by molar-refractivity contribution is -0.134. The molecule has 7 heteroatoms. The number of nitrogens with one attached hydrogen (secondary N) is 3. The van der Waals surface area contributed by atoms with Crippen molar-refractivity contribution in [3.63, 3.8) is 0 Å². The van der Waals surface area contributed by atoms with Gasteiger partial charge in [0.05, 0.1) is 12.1 Å². The van der Waals surface area contributed by atoms with E-state index in [0.717, 1.165) is 31.5 Å². The molecule has 2 unspecified atom stereocenters.